The van der Waals surface area contributed by atoms with Crippen molar-refractivity contribution in [2.75, 3.05) is 13.1 Å². The molecule has 1 aromatic rings. The van der Waals surface area contributed by atoms with Gasteiger partial charge in [-0.15, -0.1) is 0 Å². The van der Waals surface area contributed by atoms with Crippen LogP contribution in [0.1, 0.15) is 31.9 Å². The van der Waals surface area contributed by atoms with Gasteiger partial charge in [0.05, 0.1) is 12.0 Å². The van der Waals surface area contributed by atoms with Gasteiger partial charge in [-0.25, -0.2) is 0 Å². The molecule has 0 amide bonds. The molecule has 0 spiro atoms. The summed E-state index contributed by atoms with van der Waals surface area (Å²) in [6, 6.07) is 11.1. The van der Waals surface area contributed by atoms with E-state index in [4.69, 9.17) is 5.26 Å². The molecular weight excluding hydrogens is 208 g/mol. The summed E-state index contributed by atoms with van der Waals surface area (Å²) in [6.07, 6.45) is 1.09. The van der Waals surface area contributed by atoms with Crippen molar-refractivity contribution in [2.45, 2.75) is 33.7 Å². The van der Waals surface area contributed by atoms with Crippen molar-refractivity contribution in [3.63, 3.8) is 0 Å². The van der Waals surface area contributed by atoms with Crippen LogP contribution in [0, 0.1) is 17.2 Å². The first kappa shape index (κ1) is 13.7. The van der Waals surface area contributed by atoms with E-state index in [0.29, 0.717) is 0 Å². The number of nitrogens with zero attached hydrogens (tertiary/aromatic N) is 2. The van der Waals surface area contributed by atoms with Crippen LogP contribution in [0.15, 0.2) is 24.3 Å². The zero-order valence-electron chi connectivity index (χ0n) is 11.1. The van der Waals surface area contributed by atoms with Gasteiger partial charge in [-0.1, -0.05) is 38.1 Å². The highest BCUT2D eigenvalue weighted by atomic mass is 15.1. The maximum absolute atomic E-state index is 8.84. The number of rotatable bonds is 6. The molecule has 1 unspecified atom stereocenters. The lowest BCUT2D eigenvalue weighted by atomic mass is 10.1. The second-order valence-electron chi connectivity index (χ2n) is 4.53. The summed E-state index contributed by atoms with van der Waals surface area (Å²) in [5.74, 6) is 0.102. The van der Waals surface area contributed by atoms with Gasteiger partial charge in [0.25, 0.3) is 0 Å². The third kappa shape index (κ3) is 4.58. The Morgan fingerprint density at radius 1 is 1.18 bits per heavy atom. The van der Waals surface area contributed by atoms with Gasteiger partial charge in [-0.2, -0.15) is 5.26 Å². The van der Waals surface area contributed by atoms with Gasteiger partial charge in [-0.05, 0) is 31.0 Å². The average Bonchev–Trinajstić information content (AvgIpc) is 2.38. The van der Waals surface area contributed by atoms with E-state index in [1.165, 1.54) is 11.1 Å². The van der Waals surface area contributed by atoms with Gasteiger partial charge in [0, 0.05) is 13.1 Å². The van der Waals surface area contributed by atoms with Crippen LogP contribution in [0.2, 0.25) is 0 Å². The predicted octanol–water partition coefficient (Wildman–Crippen LogP) is 3.23. The number of benzene rings is 1. The fraction of sp³-hybridized carbons (Fsp3) is 0.533. The largest absolute Gasteiger partial charge is 0.298 e. The van der Waals surface area contributed by atoms with E-state index in [0.717, 1.165) is 26.1 Å². The Labute approximate surface area is 105 Å². The van der Waals surface area contributed by atoms with E-state index in [1.54, 1.807) is 0 Å². The summed E-state index contributed by atoms with van der Waals surface area (Å²) in [5.41, 5.74) is 2.70. The van der Waals surface area contributed by atoms with Crippen LogP contribution >= 0.6 is 0 Å². The lowest BCUT2D eigenvalue weighted by Gasteiger charge is -2.21. The molecule has 1 atom stereocenters. The minimum absolute atomic E-state index is 0.102. The average molecular weight is 230 g/mol. The number of nitriles is 1. The predicted molar refractivity (Wildman–Crippen MR) is 71.5 cm³/mol. The quantitative estimate of drug-likeness (QED) is 0.750. The van der Waals surface area contributed by atoms with E-state index < -0.39 is 0 Å². The van der Waals surface area contributed by atoms with Crippen LogP contribution in [-0.4, -0.2) is 18.0 Å². The summed E-state index contributed by atoms with van der Waals surface area (Å²) in [7, 11) is 0. The lowest BCUT2D eigenvalue weighted by molar-refractivity contribution is 0.260. The van der Waals surface area contributed by atoms with Crippen molar-refractivity contribution < 1.29 is 0 Å². The number of hydrogen-bond donors (Lipinski definition) is 0. The SMILES string of the molecule is CCc1ccc(CN(CC)CC(C)C#N)cc1. The molecule has 0 saturated heterocycles. The molecule has 0 saturated carbocycles. The van der Waals surface area contributed by atoms with E-state index >= 15 is 0 Å². The molecule has 0 radical (unpaired) electrons. The fourth-order valence-electron chi connectivity index (χ4n) is 1.87. The van der Waals surface area contributed by atoms with Gasteiger partial charge in [0.1, 0.15) is 0 Å². The normalized spacial score (nSPS) is 12.4. The Balaban J connectivity index is 2.58. The van der Waals surface area contributed by atoms with Crippen molar-refractivity contribution in [1.82, 2.24) is 4.90 Å². The first-order valence-corrected chi connectivity index (χ1v) is 6.39. The second-order valence-corrected chi connectivity index (χ2v) is 4.53. The van der Waals surface area contributed by atoms with Crippen LogP contribution < -0.4 is 0 Å². The summed E-state index contributed by atoms with van der Waals surface area (Å²) in [5, 5.41) is 8.84. The lowest BCUT2D eigenvalue weighted by Crippen LogP contribution is -2.27. The number of aryl methyl sites for hydroxylation is 1. The molecule has 0 aliphatic rings. The highest BCUT2D eigenvalue weighted by Crippen LogP contribution is 2.09. The van der Waals surface area contributed by atoms with Gasteiger partial charge in [0.15, 0.2) is 0 Å². The van der Waals surface area contributed by atoms with Crippen LogP contribution in [-0.2, 0) is 13.0 Å². The van der Waals surface area contributed by atoms with E-state index in [-0.39, 0.29) is 5.92 Å². The third-order valence-corrected chi connectivity index (χ3v) is 3.04. The molecule has 1 aromatic carbocycles. The first-order chi connectivity index (χ1) is 8.19. The monoisotopic (exact) mass is 230 g/mol. The fourth-order valence-corrected chi connectivity index (χ4v) is 1.87. The Morgan fingerprint density at radius 2 is 1.76 bits per heavy atom. The Morgan fingerprint density at radius 3 is 2.24 bits per heavy atom. The van der Waals surface area contributed by atoms with Crippen LogP contribution in [0.3, 0.4) is 0 Å². The Bertz CT molecular complexity index is 362. The van der Waals surface area contributed by atoms with Gasteiger partial charge >= 0.3 is 0 Å². The molecule has 0 N–H and O–H groups in total. The maximum Gasteiger partial charge on any atom is 0.0666 e. The summed E-state index contributed by atoms with van der Waals surface area (Å²) < 4.78 is 0. The first-order valence-electron chi connectivity index (χ1n) is 6.39. The standard InChI is InChI=1S/C15H22N2/c1-4-14-6-8-15(9-7-14)12-17(5-2)11-13(3)10-16/h6-9,13H,4-5,11-12H2,1-3H3. The topological polar surface area (TPSA) is 27.0 Å². The minimum Gasteiger partial charge on any atom is -0.298 e. The highest BCUT2D eigenvalue weighted by Gasteiger charge is 2.08. The molecule has 0 heterocycles. The molecule has 0 aliphatic carbocycles. The number of hydrogen-bond acceptors (Lipinski definition) is 2. The van der Waals surface area contributed by atoms with Crippen molar-refractivity contribution in [1.29, 1.82) is 5.26 Å². The molecule has 0 aliphatic heterocycles. The molecule has 1 rings (SSSR count). The second kappa shape index (κ2) is 7.09. The zero-order chi connectivity index (χ0) is 12.7. The molecule has 0 fully saturated rings. The third-order valence-electron chi connectivity index (χ3n) is 3.04. The summed E-state index contributed by atoms with van der Waals surface area (Å²) in [6.45, 7) is 9.06. The summed E-state index contributed by atoms with van der Waals surface area (Å²) >= 11 is 0. The molecule has 0 aromatic heterocycles. The zero-order valence-corrected chi connectivity index (χ0v) is 11.1. The van der Waals surface area contributed by atoms with Gasteiger partial charge in [-0.3, -0.25) is 4.90 Å². The summed E-state index contributed by atoms with van der Waals surface area (Å²) in [4.78, 5) is 2.31. The molecule has 0 bridgehead atoms. The van der Waals surface area contributed by atoms with Crippen molar-refractivity contribution in [3.8, 4) is 6.07 Å². The molecule has 17 heavy (non-hydrogen) atoms. The Hall–Kier alpha value is -1.33. The Kier molecular flexibility index (Phi) is 5.72. The van der Waals surface area contributed by atoms with Crippen molar-refractivity contribution in [3.05, 3.63) is 35.4 Å². The molecule has 92 valence electrons. The molecule has 2 heteroatoms. The van der Waals surface area contributed by atoms with Crippen molar-refractivity contribution >= 4 is 0 Å². The highest BCUT2D eigenvalue weighted by molar-refractivity contribution is 5.22. The van der Waals surface area contributed by atoms with E-state index in [1.807, 2.05) is 6.92 Å². The van der Waals surface area contributed by atoms with Crippen LogP contribution in [0.25, 0.3) is 0 Å². The van der Waals surface area contributed by atoms with Gasteiger partial charge < -0.3 is 0 Å². The van der Waals surface area contributed by atoms with E-state index in [9.17, 15) is 0 Å². The van der Waals surface area contributed by atoms with Crippen molar-refractivity contribution in [2.24, 2.45) is 5.92 Å². The molecular formula is C15H22N2. The van der Waals surface area contributed by atoms with Gasteiger partial charge in [0.2, 0.25) is 0 Å². The minimum atomic E-state index is 0.102. The maximum atomic E-state index is 8.84. The smallest absolute Gasteiger partial charge is 0.0666 e. The van der Waals surface area contributed by atoms with E-state index in [2.05, 4.69) is 49.1 Å². The van der Waals surface area contributed by atoms with Crippen LogP contribution in [0.4, 0.5) is 0 Å². The van der Waals surface area contributed by atoms with Crippen LogP contribution in [0.5, 0.6) is 0 Å². The molecule has 2 nitrogen and oxygen atoms in total.